The molecule has 23 heavy (non-hydrogen) atoms. The van der Waals surface area contributed by atoms with Crippen LogP contribution >= 0.6 is 0 Å². The second kappa shape index (κ2) is 7.11. The third-order valence-corrected chi connectivity index (χ3v) is 3.77. The van der Waals surface area contributed by atoms with Crippen molar-refractivity contribution in [3.05, 3.63) is 60.1 Å². The molecule has 1 aromatic carbocycles. The Bertz CT molecular complexity index is 654. The first-order valence-electron chi connectivity index (χ1n) is 7.48. The second-order valence-electron chi connectivity index (χ2n) is 5.50. The molecule has 0 radical (unpaired) electrons. The van der Waals surface area contributed by atoms with Crippen LogP contribution in [-0.2, 0) is 27.6 Å². The molecule has 1 saturated heterocycles. The lowest BCUT2D eigenvalue weighted by Gasteiger charge is -2.15. The van der Waals surface area contributed by atoms with Crippen molar-refractivity contribution in [2.45, 2.75) is 19.6 Å². The van der Waals surface area contributed by atoms with Crippen LogP contribution in [0.25, 0.3) is 0 Å². The molecule has 0 aliphatic carbocycles. The van der Waals surface area contributed by atoms with Crippen molar-refractivity contribution >= 4 is 11.8 Å². The molecule has 2 amide bonds. The third kappa shape index (κ3) is 3.98. The largest absolute Gasteiger partial charge is 0.467 e. The molecule has 1 aliphatic heterocycles. The summed E-state index contributed by atoms with van der Waals surface area (Å²) < 4.78 is 5.23. The molecule has 2 heterocycles. The molecule has 120 valence electrons. The number of carbonyl (C=O) groups excluding carboxylic acids is 2. The van der Waals surface area contributed by atoms with Crippen LogP contribution in [0.1, 0.15) is 17.7 Å². The van der Waals surface area contributed by atoms with Crippen molar-refractivity contribution < 1.29 is 18.8 Å². The lowest BCUT2D eigenvalue weighted by atomic mass is 10.1. The number of nitrogens with one attached hydrogen (secondary N) is 1. The fourth-order valence-electron chi connectivity index (χ4n) is 2.54. The Kier molecular flexibility index (Phi) is 4.73. The lowest BCUT2D eigenvalue weighted by molar-refractivity contribution is -0.138. The van der Waals surface area contributed by atoms with Gasteiger partial charge in [-0.2, -0.15) is 0 Å². The van der Waals surface area contributed by atoms with Crippen LogP contribution < -0.4 is 5.48 Å². The van der Waals surface area contributed by atoms with Gasteiger partial charge >= 0.3 is 0 Å². The lowest BCUT2D eigenvalue weighted by Crippen LogP contribution is -2.32. The summed E-state index contributed by atoms with van der Waals surface area (Å²) >= 11 is 0. The molecule has 1 atom stereocenters. The van der Waals surface area contributed by atoms with Crippen molar-refractivity contribution in [2.24, 2.45) is 5.92 Å². The van der Waals surface area contributed by atoms with E-state index in [9.17, 15) is 9.59 Å². The number of benzene rings is 1. The summed E-state index contributed by atoms with van der Waals surface area (Å²) in [6.45, 7) is 1.06. The van der Waals surface area contributed by atoms with Crippen molar-refractivity contribution in [1.82, 2.24) is 10.4 Å². The van der Waals surface area contributed by atoms with Gasteiger partial charge in [0.1, 0.15) is 5.76 Å². The normalized spacial score (nSPS) is 17.5. The van der Waals surface area contributed by atoms with Crippen molar-refractivity contribution in [2.75, 3.05) is 6.54 Å². The fraction of sp³-hybridized carbons (Fsp3) is 0.294. The van der Waals surface area contributed by atoms with Crippen molar-refractivity contribution in [3.63, 3.8) is 0 Å². The summed E-state index contributed by atoms with van der Waals surface area (Å²) in [5.74, 6) is -0.00573. The van der Waals surface area contributed by atoms with E-state index in [1.165, 1.54) is 0 Å². The van der Waals surface area contributed by atoms with Crippen LogP contribution in [0.15, 0.2) is 53.1 Å². The van der Waals surface area contributed by atoms with Crippen LogP contribution in [-0.4, -0.2) is 23.3 Å². The van der Waals surface area contributed by atoms with E-state index < -0.39 is 5.92 Å². The maximum atomic E-state index is 12.1. The molecule has 0 spiro atoms. The highest BCUT2D eigenvalue weighted by molar-refractivity contribution is 5.88. The Morgan fingerprint density at radius 1 is 1.26 bits per heavy atom. The Morgan fingerprint density at radius 3 is 2.83 bits per heavy atom. The molecule has 2 aromatic rings. The number of nitrogens with zero attached hydrogens (tertiary/aromatic N) is 1. The van der Waals surface area contributed by atoms with Gasteiger partial charge in [0.05, 0.1) is 25.3 Å². The van der Waals surface area contributed by atoms with E-state index >= 15 is 0 Å². The summed E-state index contributed by atoms with van der Waals surface area (Å²) in [7, 11) is 0. The van der Waals surface area contributed by atoms with Gasteiger partial charge in [0.15, 0.2) is 0 Å². The number of likely N-dealkylation sites (tertiary alicyclic amines) is 1. The average Bonchev–Trinajstić information content (AvgIpc) is 3.19. The third-order valence-electron chi connectivity index (χ3n) is 3.77. The molecular formula is C17H18N2O4. The first kappa shape index (κ1) is 15.3. The van der Waals surface area contributed by atoms with E-state index in [1.54, 1.807) is 17.2 Å². The summed E-state index contributed by atoms with van der Waals surface area (Å²) in [4.78, 5) is 30.9. The monoisotopic (exact) mass is 314 g/mol. The summed E-state index contributed by atoms with van der Waals surface area (Å²) in [6.07, 6.45) is 1.76. The second-order valence-corrected chi connectivity index (χ2v) is 5.50. The summed E-state index contributed by atoms with van der Waals surface area (Å²) in [6, 6.07) is 13.1. The van der Waals surface area contributed by atoms with Gasteiger partial charge in [0.25, 0.3) is 0 Å². The number of hydrogen-bond donors (Lipinski definition) is 1. The smallest absolute Gasteiger partial charge is 0.248 e. The molecule has 1 aromatic heterocycles. The predicted molar refractivity (Wildman–Crippen MR) is 81.6 cm³/mol. The number of rotatable bonds is 6. The van der Waals surface area contributed by atoms with Crippen LogP contribution in [0.5, 0.6) is 0 Å². The maximum Gasteiger partial charge on any atom is 0.248 e. The standard InChI is InChI=1S/C17H18N2O4/c20-16-9-14(10-19(16)11-15-7-4-8-22-15)17(21)18-23-12-13-5-2-1-3-6-13/h1-8,14H,9-12H2,(H,18,21). The van der Waals surface area contributed by atoms with Gasteiger partial charge in [0.2, 0.25) is 11.8 Å². The first-order chi connectivity index (χ1) is 11.2. The SMILES string of the molecule is O=C(NOCc1ccccc1)C1CC(=O)N(Cc2ccco2)C1. The topological polar surface area (TPSA) is 71.8 Å². The Balaban J connectivity index is 1.46. The van der Waals surface area contributed by atoms with Gasteiger partial charge in [-0.1, -0.05) is 30.3 Å². The zero-order chi connectivity index (χ0) is 16.1. The molecule has 1 fully saturated rings. The summed E-state index contributed by atoms with van der Waals surface area (Å²) in [5, 5.41) is 0. The highest BCUT2D eigenvalue weighted by atomic mass is 16.6. The molecule has 0 saturated carbocycles. The Hall–Kier alpha value is -2.60. The molecule has 1 unspecified atom stereocenters. The predicted octanol–water partition coefficient (Wildman–Crippen LogP) is 1.88. The number of amides is 2. The number of furan rings is 1. The minimum atomic E-state index is -0.395. The van der Waals surface area contributed by atoms with E-state index in [2.05, 4.69) is 5.48 Å². The fourth-order valence-corrected chi connectivity index (χ4v) is 2.54. The Morgan fingerprint density at radius 2 is 2.09 bits per heavy atom. The van der Waals surface area contributed by atoms with Gasteiger partial charge < -0.3 is 9.32 Å². The van der Waals surface area contributed by atoms with Gasteiger partial charge in [-0.25, -0.2) is 5.48 Å². The van der Waals surface area contributed by atoms with Crippen LogP contribution in [0, 0.1) is 5.92 Å². The summed E-state index contributed by atoms with van der Waals surface area (Å²) in [5.41, 5.74) is 3.40. The average molecular weight is 314 g/mol. The number of hydrogen-bond acceptors (Lipinski definition) is 4. The van der Waals surface area contributed by atoms with Crippen molar-refractivity contribution in [3.8, 4) is 0 Å². The highest BCUT2D eigenvalue weighted by Gasteiger charge is 2.34. The van der Waals surface area contributed by atoms with Crippen LogP contribution in [0.3, 0.4) is 0 Å². The van der Waals surface area contributed by atoms with E-state index in [-0.39, 0.29) is 18.2 Å². The van der Waals surface area contributed by atoms with E-state index in [1.807, 2.05) is 36.4 Å². The number of hydroxylamine groups is 1. The maximum absolute atomic E-state index is 12.1. The zero-order valence-corrected chi connectivity index (χ0v) is 12.6. The molecule has 3 rings (SSSR count). The first-order valence-corrected chi connectivity index (χ1v) is 7.48. The van der Waals surface area contributed by atoms with Crippen molar-refractivity contribution in [1.29, 1.82) is 0 Å². The molecule has 6 heteroatoms. The van der Waals surface area contributed by atoms with Gasteiger partial charge in [-0.3, -0.25) is 14.4 Å². The molecule has 1 N–H and O–H groups in total. The van der Waals surface area contributed by atoms with E-state index in [0.717, 1.165) is 5.56 Å². The number of carbonyl (C=O) groups is 2. The molecule has 1 aliphatic rings. The van der Waals surface area contributed by atoms with Crippen LogP contribution in [0.4, 0.5) is 0 Å². The highest BCUT2D eigenvalue weighted by Crippen LogP contribution is 2.20. The molecule has 6 nitrogen and oxygen atoms in total. The van der Waals surface area contributed by atoms with Gasteiger partial charge in [-0.05, 0) is 17.7 Å². The van der Waals surface area contributed by atoms with Gasteiger partial charge in [-0.15, -0.1) is 0 Å². The van der Waals surface area contributed by atoms with Crippen LogP contribution in [0.2, 0.25) is 0 Å². The minimum absolute atomic E-state index is 0.0513. The zero-order valence-electron chi connectivity index (χ0n) is 12.6. The van der Waals surface area contributed by atoms with E-state index in [4.69, 9.17) is 9.25 Å². The minimum Gasteiger partial charge on any atom is -0.467 e. The van der Waals surface area contributed by atoms with Gasteiger partial charge in [0, 0.05) is 13.0 Å². The molecule has 0 bridgehead atoms. The molecular weight excluding hydrogens is 296 g/mol. The van der Waals surface area contributed by atoms with E-state index in [0.29, 0.717) is 25.5 Å². The quantitative estimate of drug-likeness (QED) is 0.826. The Labute approximate surface area is 134 Å².